The summed E-state index contributed by atoms with van der Waals surface area (Å²) in [5.74, 6) is 0.133. The van der Waals surface area contributed by atoms with Crippen LogP contribution in [0.3, 0.4) is 0 Å². The van der Waals surface area contributed by atoms with Crippen LogP contribution >= 0.6 is 0 Å². The second kappa shape index (κ2) is 5.50. The highest BCUT2D eigenvalue weighted by Gasteiger charge is 2.39. The molecule has 4 nitrogen and oxygen atoms in total. The Morgan fingerprint density at radius 3 is 2.67 bits per heavy atom. The number of carbonyl (C=O) groups is 1. The molecule has 3 unspecified atom stereocenters. The Bertz CT molecular complexity index is 408. The van der Waals surface area contributed by atoms with Gasteiger partial charge in [0.25, 0.3) is 0 Å². The molecule has 98 valence electrons. The maximum Gasteiger partial charge on any atom is 0.241 e. The SMILES string of the molecule is COCC(C)N1C(=O)C(C)NC1c1ccccc1. The van der Waals surface area contributed by atoms with E-state index in [9.17, 15) is 4.79 Å². The Kier molecular flexibility index (Phi) is 3.99. The van der Waals surface area contributed by atoms with Crippen molar-refractivity contribution in [2.24, 2.45) is 0 Å². The molecule has 1 aromatic rings. The third-order valence-electron chi connectivity index (χ3n) is 3.31. The van der Waals surface area contributed by atoms with Crippen LogP contribution in [0.4, 0.5) is 0 Å². The maximum atomic E-state index is 12.2. The Balaban J connectivity index is 2.25. The van der Waals surface area contributed by atoms with Gasteiger partial charge in [-0.25, -0.2) is 0 Å². The van der Waals surface area contributed by atoms with Crippen molar-refractivity contribution in [3.63, 3.8) is 0 Å². The molecule has 0 bridgehead atoms. The molecular formula is C14H20N2O2. The van der Waals surface area contributed by atoms with Gasteiger partial charge in [-0.2, -0.15) is 0 Å². The third kappa shape index (κ3) is 2.40. The van der Waals surface area contributed by atoms with Crippen molar-refractivity contribution in [2.45, 2.75) is 32.1 Å². The lowest BCUT2D eigenvalue weighted by atomic mass is 10.1. The van der Waals surface area contributed by atoms with Gasteiger partial charge >= 0.3 is 0 Å². The summed E-state index contributed by atoms with van der Waals surface area (Å²) in [6.45, 7) is 4.46. The lowest BCUT2D eigenvalue weighted by Gasteiger charge is -2.30. The molecule has 4 heteroatoms. The average molecular weight is 248 g/mol. The van der Waals surface area contributed by atoms with E-state index in [0.29, 0.717) is 6.61 Å². The standard InChI is InChI=1S/C14H20N2O2/c1-10(9-18-3)16-13(15-11(2)14(16)17)12-7-5-4-6-8-12/h4-8,10-11,13,15H,9H2,1-3H3. The molecule has 3 atom stereocenters. The van der Waals surface area contributed by atoms with Gasteiger partial charge in [-0.3, -0.25) is 10.1 Å². The zero-order valence-electron chi connectivity index (χ0n) is 11.1. The highest BCUT2D eigenvalue weighted by molar-refractivity contribution is 5.84. The highest BCUT2D eigenvalue weighted by atomic mass is 16.5. The summed E-state index contributed by atoms with van der Waals surface area (Å²) in [7, 11) is 1.66. The lowest BCUT2D eigenvalue weighted by Crippen LogP contribution is -2.40. The molecule has 0 aliphatic carbocycles. The van der Waals surface area contributed by atoms with Gasteiger partial charge in [-0.05, 0) is 19.4 Å². The third-order valence-corrected chi connectivity index (χ3v) is 3.31. The van der Waals surface area contributed by atoms with Gasteiger partial charge in [0.1, 0.15) is 6.17 Å². The fraction of sp³-hybridized carbons (Fsp3) is 0.500. The van der Waals surface area contributed by atoms with E-state index in [0.717, 1.165) is 5.56 Å². The average Bonchev–Trinajstić information content (AvgIpc) is 2.67. The summed E-state index contributed by atoms with van der Waals surface area (Å²) in [5.41, 5.74) is 1.11. The van der Waals surface area contributed by atoms with Crippen LogP contribution in [0, 0.1) is 0 Å². The van der Waals surface area contributed by atoms with Crippen LogP contribution in [-0.2, 0) is 9.53 Å². The Morgan fingerprint density at radius 1 is 1.39 bits per heavy atom. The maximum absolute atomic E-state index is 12.2. The van der Waals surface area contributed by atoms with Gasteiger partial charge in [-0.15, -0.1) is 0 Å². The smallest absolute Gasteiger partial charge is 0.241 e. The minimum absolute atomic E-state index is 0.0566. The van der Waals surface area contributed by atoms with E-state index in [1.807, 2.05) is 49.1 Å². The number of amides is 1. The van der Waals surface area contributed by atoms with Gasteiger partial charge in [-0.1, -0.05) is 30.3 Å². The lowest BCUT2D eigenvalue weighted by molar-refractivity contribution is -0.132. The van der Waals surface area contributed by atoms with Gasteiger partial charge in [0.05, 0.1) is 18.7 Å². The van der Waals surface area contributed by atoms with Crippen molar-refractivity contribution >= 4 is 5.91 Å². The van der Waals surface area contributed by atoms with Crippen LogP contribution in [0.2, 0.25) is 0 Å². The van der Waals surface area contributed by atoms with Crippen LogP contribution in [0.5, 0.6) is 0 Å². The zero-order valence-corrected chi connectivity index (χ0v) is 11.1. The van der Waals surface area contributed by atoms with Gasteiger partial charge in [0.15, 0.2) is 0 Å². The number of methoxy groups -OCH3 is 1. The number of benzene rings is 1. The summed E-state index contributed by atoms with van der Waals surface area (Å²) in [6.07, 6.45) is -0.0566. The number of carbonyl (C=O) groups excluding carboxylic acids is 1. The molecule has 0 radical (unpaired) electrons. The van der Waals surface area contributed by atoms with E-state index in [1.165, 1.54) is 0 Å². The Hall–Kier alpha value is -1.39. The monoisotopic (exact) mass is 248 g/mol. The summed E-state index contributed by atoms with van der Waals surface area (Å²) in [4.78, 5) is 14.1. The molecule has 2 rings (SSSR count). The fourth-order valence-electron chi connectivity index (χ4n) is 2.42. The Morgan fingerprint density at radius 2 is 2.06 bits per heavy atom. The molecule has 0 aromatic heterocycles. The van der Waals surface area contributed by atoms with Crippen molar-refractivity contribution < 1.29 is 9.53 Å². The molecule has 0 saturated carbocycles. The van der Waals surface area contributed by atoms with E-state index in [-0.39, 0.29) is 24.2 Å². The minimum atomic E-state index is -0.144. The molecule has 1 amide bonds. The van der Waals surface area contributed by atoms with E-state index < -0.39 is 0 Å². The van der Waals surface area contributed by atoms with Crippen LogP contribution in [0.1, 0.15) is 25.6 Å². The molecule has 0 spiro atoms. The largest absolute Gasteiger partial charge is 0.383 e. The van der Waals surface area contributed by atoms with Crippen LogP contribution in [0.25, 0.3) is 0 Å². The second-order valence-electron chi connectivity index (χ2n) is 4.75. The summed E-state index contributed by atoms with van der Waals surface area (Å²) in [5, 5.41) is 3.33. The first-order chi connectivity index (χ1) is 8.65. The normalized spacial score (nSPS) is 25.5. The van der Waals surface area contributed by atoms with E-state index in [4.69, 9.17) is 4.74 Å². The number of nitrogens with zero attached hydrogens (tertiary/aromatic N) is 1. The number of rotatable bonds is 4. The molecule has 1 aliphatic rings. The quantitative estimate of drug-likeness (QED) is 0.879. The van der Waals surface area contributed by atoms with Crippen LogP contribution < -0.4 is 5.32 Å². The molecule has 18 heavy (non-hydrogen) atoms. The number of hydrogen-bond acceptors (Lipinski definition) is 3. The van der Waals surface area contributed by atoms with Crippen molar-refractivity contribution in [2.75, 3.05) is 13.7 Å². The number of nitrogens with one attached hydrogen (secondary N) is 1. The molecule has 1 heterocycles. The number of hydrogen-bond donors (Lipinski definition) is 1. The highest BCUT2D eigenvalue weighted by Crippen LogP contribution is 2.27. The predicted octanol–water partition coefficient (Wildman–Crippen LogP) is 1.54. The van der Waals surface area contributed by atoms with Gasteiger partial charge in [0.2, 0.25) is 5.91 Å². The van der Waals surface area contributed by atoms with Crippen molar-refractivity contribution in [1.82, 2.24) is 10.2 Å². The van der Waals surface area contributed by atoms with Crippen molar-refractivity contribution in [3.8, 4) is 0 Å². The summed E-state index contributed by atoms with van der Waals surface area (Å²) >= 11 is 0. The molecule has 1 saturated heterocycles. The van der Waals surface area contributed by atoms with E-state index >= 15 is 0 Å². The van der Waals surface area contributed by atoms with Crippen LogP contribution in [-0.4, -0.2) is 36.6 Å². The van der Waals surface area contributed by atoms with Crippen LogP contribution in [0.15, 0.2) is 30.3 Å². The molecule has 1 aliphatic heterocycles. The van der Waals surface area contributed by atoms with E-state index in [2.05, 4.69) is 5.32 Å². The molecule has 1 N–H and O–H groups in total. The fourth-order valence-corrected chi connectivity index (χ4v) is 2.42. The molecule has 1 aromatic carbocycles. The predicted molar refractivity (Wildman–Crippen MR) is 70.0 cm³/mol. The first-order valence-electron chi connectivity index (χ1n) is 6.27. The summed E-state index contributed by atoms with van der Waals surface area (Å²) < 4.78 is 5.16. The first kappa shape index (κ1) is 13.1. The van der Waals surface area contributed by atoms with Gasteiger partial charge in [0, 0.05) is 7.11 Å². The molecular weight excluding hydrogens is 228 g/mol. The number of ether oxygens (including phenoxy) is 1. The minimum Gasteiger partial charge on any atom is -0.383 e. The zero-order chi connectivity index (χ0) is 13.1. The van der Waals surface area contributed by atoms with Crippen molar-refractivity contribution in [3.05, 3.63) is 35.9 Å². The second-order valence-corrected chi connectivity index (χ2v) is 4.75. The van der Waals surface area contributed by atoms with Crippen molar-refractivity contribution in [1.29, 1.82) is 0 Å². The Labute approximate surface area is 108 Å². The van der Waals surface area contributed by atoms with Gasteiger partial charge < -0.3 is 9.64 Å². The van der Waals surface area contributed by atoms with E-state index in [1.54, 1.807) is 7.11 Å². The summed E-state index contributed by atoms with van der Waals surface area (Å²) in [6, 6.07) is 9.95. The molecule has 1 fully saturated rings. The first-order valence-corrected chi connectivity index (χ1v) is 6.27. The topological polar surface area (TPSA) is 41.6 Å².